The van der Waals surface area contributed by atoms with E-state index in [1.54, 1.807) is 18.2 Å². The molecule has 0 amide bonds. The van der Waals surface area contributed by atoms with Gasteiger partial charge >= 0.3 is 5.97 Å². The number of ether oxygens (including phenoxy) is 2. The zero-order valence-electron chi connectivity index (χ0n) is 11.9. The Labute approximate surface area is 122 Å². The molecule has 2 aromatic rings. The third kappa shape index (κ3) is 3.51. The second-order valence-corrected chi connectivity index (χ2v) is 4.61. The number of nitrogens with two attached hydrogens (primary N) is 1. The summed E-state index contributed by atoms with van der Waals surface area (Å²) in [6.07, 6.45) is 0. The Balaban J connectivity index is 2.15. The molecule has 0 fully saturated rings. The van der Waals surface area contributed by atoms with Crippen LogP contribution in [0.2, 0.25) is 0 Å². The lowest BCUT2D eigenvalue weighted by Gasteiger charge is -2.11. The van der Waals surface area contributed by atoms with Crippen LogP contribution in [0.1, 0.15) is 21.5 Å². The van der Waals surface area contributed by atoms with Gasteiger partial charge in [-0.3, -0.25) is 0 Å². The number of carbonyl (C=O) groups excluding carboxylic acids is 1. The van der Waals surface area contributed by atoms with Crippen LogP contribution < -0.4 is 10.5 Å². The van der Waals surface area contributed by atoms with Gasteiger partial charge in [-0.15, -0.1) is 0 Å². The van der Waals surface area contributed by atoms with E-state index in [2.05, 4.69) is 0 Å². The molecule has 0 aliphatic heterocycles. The maximum absolute atomic E-state index is 13.2. The average Bonchev–Trinajstić information content (AvgIpc) is 2.47. The zero-order valence-corrected chi connectivity index (χ0v) is 11.9. The van der Waals surface area contributed by atoms with Gasteiger partial charge in [-0.25, -0.2) is 9.18 Å². The Bertz CT molecular complexity index is 671. The van der Waals surface area contributed by atoms with Gasteiger partial charge < -0.3 is 15.2 Å². The molecule has 2 rings (SSSR count). The van der Waals surface area contributed by atoms with Crippen molar-refractivity contribution in [3.05, 3.63) is 58.9 Å². The van der Waals surface area contributed by atoms with Crippen LogP contribution in [0.4, 0.5) is 10.1 Å². The molecule has 0 radical (unpaired) electrons. The maximum atomic E-state index is 13.2. The molecule has 0 unspecified atom stereocenters. The molecule has 21 heavy (non-hydrogen) atoms. The van der Waals surface area contributed by atoms with Crippen LogP contribution in [-0.4, -0.2) is 13.1 Å². The molecule has 110 valence electrons. The maximum Gasteiger partial charge on any atom is 0.342 e. The van der Waals surface area contributed by atoms with Crippen LogP contribution in [0.25, 0.3) is 0 Å². The minimum absolute atomic E-state index is 0.0135. The van der Waals surface area contributed by atoms with Crippen LogP contribution >= 0.6 is 0 Å². The number of carbonyl (C=O) groups is 1. The monoisotopic (exact) mass is 289 g/mol. The number of esters is 1. The van der Waals surface area contributed by atoms with Gasteiger partial charge in [0.25, 0.3) is 0 Å². The molecule has 0 saturated carbocycles. The Kier molecular flexibility index (Phi) is 4.42. The van der Waals surface area contributed by atoms with E-state index in [0.717, 1.165) is 5.56 Å². The predicted octanol–water partition coefficient (Wildman–Crippen LogP) is 3.08. The molecular formula is C16H16FNO3. The number of hydrogen-bond donors (Lipinski definition) is 1. The average molecular weight is 289 g/mol. The van der Waals surface area contributed by atoms with Crippen LogP contribution in [0.5, 0.6) is 5.75 Å². The molecule has 0 atom stereocenters. The second kappa shape index (κ2) is 6.26. The van der Waals surface area contributed by atoms with Crippen molar-refractivity contribution in [3.8, 4) is 5.75 Å². The number of methoxy groups -OCH3 is 1. The summed E-state index contributed by atoms with van der Waals surface area (Å²) >= 11 is 0. The largest absolute Gasteiger partial charge is 0.496 e. The van der Waals surface area contributed by atoms with Crippen molar-refractivity contribution in [2.24, 2.45) is 0 Å². The van der Waals surface area contributed by atoms with Crippen molar-refractivity contribution in [1.82, 2.24) is 0 Å². The third-order valence-electron chi connectivity index (χ3n) is 3.11. The van der Waals surface area contributed by atoms with E-state index in [9.17, 15) is 9.18 Å². The van der Waals surface area contributed by atoms with Gasteiger partial charge in [0.1, 0.15) is 23.7 Å². The summed E-state index contributed by atoms with van der Waals surface area (Å²) in [4.78, 5) is 12.1. The fourth-order valence-corrected chi connectivity index (χ4v) is 1.90. The summed E-state index contributed by atoms with van der Waals surface area (Å²) in [6.45, 7) is 1.81. The molecule has 0 bridgehead atoms. The lowest BCUT2D eigenvalue weighted by Crippen LogP contribution is -2.08. The van der Waals surface area contributed by atoms with E-state index < -0.39 is 5.97 Å². The summed E-state index contributed by atoms with van der Waals surface area (Å²) in [7, 11) is 1.46. The van der Waals surface area contributed by atoms with E-state index in [1.165, 1.54) is 25.3 Å². The highest BCUT2D eigenvalue weighted by Crippen LogP contribution is 2.22. The molecule has 0 aliphatic carbocycles. The van der Waals surface area contributed by atoms with Gasteiger partial charge in [0, 0.05) is 5.69 Å². The van der Waals surface area contributed by atoms with Crippen LogP contribution in [0, 0.1) is 12.7 Å². The fraction of sp³-hybridized carbons (Fsp3) is 0.188. The van der Waals surface area contributed by atoms with Crippen molar-refractivity contribution in [2.75, 3.05) is 12.8 Å². The van der Waals surface area contributed by atoms with E-state index in [1.807, 2.05) is 6.92 Å². The molecule has 0 saturated heterocycles. The van der Waals surface area contributed by atoms with E-state index in [0.29, 0.717) is 17.0 Å². The zero-order chi connectivity index (χ0) is 15.4. The first-order valence-corrected chi connectivity index (χ1v) is 6.37. The Morgan fingerprint density at radius 1 is 1.24 bits per heavy atom. The van der Waals surface area contributed by atoms with Crippen molar-refractivity contribution < 1.29 is 18.7 Å². The number of anilines is 1. The second-order valence-electron chi connectivity index (χ2n) is 4.61. The molecule has 0 aliphatic rings. The molecule has 0 aromatic heterocycles. The molecule has 2 N–H and O–H groups in total. The number of rotatable bonds is 4. The molecule has 4 nitrogen and oxygen atoms in total. The van der Waals surface area contributed by atoms with E-state index in [4.69, 9.17) is 15.2 Å². The quantitative estimate of drug-likeness (QED) is 0.694. The molecule has 2 aromatic carbocycles. The van der Waals surface area contributed by atoms with E-state index in [-0.39, 0.29) is 18.0 Å². The number of nitrogen functional groups attached to an aromatic ring is 1. The standard InChI is InChI=1S/C16H16FNO3/c1-10-3-4-12(17)7-11(10)9-21-16(19)14-8-13(18)5-6-15(14)20-2/h3-8H,9,18H2,1-2H3. The van der Waals surface area contributed by atoms with Gasteiger partial charge in [0.2, 0.25) is 0 Å². The molecule has 5 heteroatoms. The first-order chi connectivity index (χ1) is 10.0. The number of benzene rings is 2. The number of aryl methyl sites for hydroxylation is 1. The van der Waals surface area contributed by atoms with Crippen LogP contribution in [-0.2, 0) is 11.3 Å². The summed E-state index contributed by atoms with van der Waals surface area (Å²) in [6, 6.07) is 9.06. The summed E-state index contributed by atoms with van der Waals surface area (Å²) in [5.74, 6) is -0.554. The van der Waals surface area contributed by atoms with Crippen molar-refractivity contribution >= 4 is 11.7 Å². The Morgan fingerprint density at radius 2 is 2.00 bits per heavy atom. The predicted molar refractivity (Wildman–Crippen MR) is 77.7 cm³/mol. The molecular weight excluding hydrogens is 273 g/mol. The highest BCUT2D eigenvalue weighted by molar-refractivity contribution is 5.93. The SMILES string of the molecule is COc1ccc(N)cc1C(=O)OCc1cc(F)ccc1C. The normalized spacial score (nSPS) is 10.2. The third-order valence-corrected chi connectivity index (χ3v) is 3.11. The minimum Gasteiger partial charge on any atom is -0.496 e. The van der Waals surface area contributed by atoms with Gasteiger partial charge in [0.05, 0.1) is 7.11 Å². The lowest BCUT2D eigenvalue weighted by molar-refractivity contribution is 0.0468. The van der Waals surface area contributed by atoms with Crippen LogP contribution in [0.3, 0.4) is 0 Å². The fourth-order valence-electron chi connectivity index (χ4n) is 1.90. The Morgan fingerprint density at radius 3 is 2.71 bits per heavy atom. The summed E-state index contributed by atoms with van der Waals surface area (Å²) < 4.78 is 23.5. The Hall–Kier alpha value is -2.56. The summed E-state index contributed by atoms with van der Waals surface area (Å²) in [5.41, 5.74) is 7.80. The van der Waals surface area contributed by atoms with E-state index >= 15 is 0 Å². The first-order valence-electron chi connectivity index (χ1n) is 6.37. The van der Waals surface area contributed by atoms with Crippen molar-refractivity contribution in [3.63, 3.8) is 0 Å². The summed E-state index contributed by atoms with van der Waals surface area (Å²) in [5, 5.41) is 0. The van der Waals surface area contributed by atoms with Gasteiger partial charge in [-0.2, -0.15) is 0 Å². The molecule has 0 spiro atoms. The highest BCUT2D eigenvalue weighted by Gasteiger charge is 2.15. The van der Waals surface area contributed by atoms with Crippen molar-refractivity contribution in [1.29, 1.82) is 0 Å². The van der Waals surface area contributed by atoms with Crippen LogP contribution in [0.15, 0.2) is 36.4 Å². The smallest absolute Gasteiger partial charge is 0.342 e. The van der Waals surface area contributed by atoms with Crippen molar-refractivity contribution in [2.45, 2.75) is 13.5 Å². The van der Waals surface area contributed by atoms with Gasteiger partial charge in [-0.05, 0) is 48.4 Å². The molecule has 0 heterocycles. The van der Waals surface area contributed by atoms with Gasteiger partial charge in [0.15, 0.2) is 0 Å². The topological polar surface area (TPSA) is 61.5 Å². The number of hydrogen-bond acceptors (Lipinski definition) is 4. The minimum atomic E-state index is -0.567. The lowest BCUT2D eigenvalue weighted by atomic mass is 10.1. The van der Waals surface area contributed by atoms with Gasteiger partial charge in [-0.1, -0.05) is 6.07 Å². The highest BCUT2D eigenvalue weighted by atomic mass is 19.1. The first kappa shape index (κ1) is 14.8. The number of halogens is 1.